The van der Waals surface area contributed by atoms with Crippen molar-refractivity contribution in [2.45, 2.75) is 6.92 Å². The van der Waals surface area contributed by atoms with E-state index in [-0.39, 0.29) is 0 Å². The predicted octanol–water partition coefficient (Wildman–Crippen LogP) is 2.64. The summed E-state index contributed by atoms with van der Waals surface area (Å²) in [5.74, 6) is 0.755. The lowest BCUT2D eigenvalue weighted by Gasteiger charge is -2.06. The number of benzene rings is 1. The van der Waals surface area contributed by atoms with E-state index in [9.17, 15) is 0 Å². The van der Waals surface area contributed by atoms with Crippen LogP contribution in [0.4, 0.5) is 0 Å². The maximum absolute atomic E-state index is 4.48. The van der Waals surface area contributed by atoms with Crippen molar-refractivity contribution in [2.24, 2.45) is 0 Å². The molecule has 1 aromatic carbocycles. The second-order valence-electron chi connectivity index (χ2n) is 4.02. The lowest BCUT2D eigenvalue weighted by atomic mass is 10.2. The highest BCUT2D eigenvalue weighted by molar-refractivity contribution is 5.53. The van der Waals surface area contributed by atoms with Crippen LogP contribution in [-0.2, 0) is 0 Å². The number of hydrogen-bond donors (Lipinski definition) is 0. The zero-order chi connectivity index (χ0) is 12.4. The third-order valence-electron chi connectivity index (χ3n) is 2.70. The van der Waals surface area contributed by atoms with Crippen molar-refractivity contribution < 1.29 is 0 Å². The van der Waals surface area contributed by atoms with E-state index in [0.717, 1.165) is 22.9 Å². The number of pyridine rings is 1. The molecule has 0 saturated heterocycles. The van der Waals surface area contributed by atoms with Crippen molar-refractivity contribution >= 4 is 0 Å². The highest BCUT2D eigenvalue weighted by atomic mass is 15.3. The standard InChI is InChI=1S/C14H12N4/c1-11-6-5-9-13(16-11)14-17-15-10-18(14)12-7-3-2-4-8-12/h2-10H,1H3. The minimum absolute atomic E-state index is 0.755. The Morgan fingerprint density at radius 2 is 1.78 bits per heavy atom. The number of nitrogens with zero attached hydrogens (tertiary/aromatic N) is 4. The molecule has 3 rings (SSSR count). The van der Waals surface area contributed by atoms with E-state index < -0.39 is 0 Å². The fourth-order valence-corrected chi connectivity index (χ4v) is 1.85. The molecule has 0 N–H and O–H groups in total. The van der Waals surface area contributed by atoms with Gasteiger partial charge in [0.25, 0.3) is 0 Å². The second-order valence-corrected chi connectivity index (χ2v) is 4.02. The normalized spacial score (nSPS) is 10.5. The molecule has 2 heterocycles. The first-order valence-electron chi connectivity index (χ1n) is 5.74. The molecule has 88 valence electrons. The van der Waals surface area contributed by atoms with E-state index in [1.165, 1.54) is 0 Å². The molecule has 0 saturated carbocycles. The summed E-state index contributed by atoms with van der Waals surface area (Å²) in [7, 11) is 0. The van der Waals surface area contributed by atoms with Gasteiger partial charge in [0.15, 0.2) is 5.82 Å². The molecule has 0 bridgehead atoms. The SMILES string of the molecule is Cc1cccc(-c2nncn2-c2ccccc2)n1. The molecular weight excluding hydrogens is 224 g/mol. The fourth-order valence-electron chi connectivity index (χ4n) is 1.85. The van der Waals surface area contributed by atoms with Crippen LogP contribution in [0, 0.1) is 6.92 Å². The van der Waals surface area contributed by atoms with Gasteiger partial charge in [0.05, 0.1) is 0 Å². The van der Waals surface area contributed by atoms with Gasteiger partial charge in [-0.3, -0.25) is 4.57 Å². The van der Waals surface area contributed by atoms with Crippen molar-refractivity contribution in [1.29, 1.82) is 0 Å². The Bertz CT molecular complexity index is 658. The summed E-state index contributed by atoms with van der Waals surface area (Å²) < 4.78 is 1.93. The average Bonchev–Trinajstić information content (AvgIpc) is 2.89. The summed E-state index contributed by atoms with van der Waals surface area (Å²) in [5.41, 5.74) is 2.83. The summed E-state index contributed by atoms with van der Waals surface area (Å²) in [5, 5.41) is 8.13. The smallest absolute Gasteiger partial charge is 0.187 e. The maximum Gasteiger partial charge on any atom is 0.187 e. The van der Waals surface area contributed by atoms with Crippen molar-refractivity contribution in [3.63, 3.8) is 0 Å². The molecule has 18 heavy (non-hydrogen) atoms. The lowest BCUT2D eigenvalue weighted by Crippen LogP contribution is -1.98. The third-order valence-corrected chi connectivity index (χ3v) is 2.70. The molecular formula is C14H12N4. The molecule has 0 radical (unpaired) electrons. The molecule has 3 aromatic rings. The molecule has 0 aliphatic rings. The van der Waals surface area contributed by atoms with E-state index >= 15 is 0 Å². The summed E-state index contributed by atoms with van der Waals surface area (Å²) in [6.07, 6.45) is 1.70. The van der Waals surface area contributed by atoms with Crippen LogP contribution >= 0.6 is 0 Å². The van der Waals surface area contributed by atoms with E-state index in [1.807, 2.05) is 60.0 Å². The lowest BCUT2D eigenvalue weighted by molar-refractivity contribution is 1.04. The van der Waals surface area contributed by atoms with Crippen LogP contribution in [0.25, 0.3) is 17.2 Å². The molecule has 2 aromatic heterocycles. The number of aromatic nitrogens is 4. The highest BCUT2D eigenvalue weighted by Crippen LogP contribution is 2.18. The van der Waals surface area contributed by atoms with E-state index in [2.05, 4.69) is 15.2 Å². The van der Waals surface area contributed by atoms with Crippen LogP contribution in [-0.4, -0.2) is 19.7 Å². The Hall–Kier alpha value is -2.49. The van der Waals surface area contributed by atoms with Crippen molar-refractivity contribution in [3.8, 4) is 17.2 Å². The average molecular weight is 236 g/mol. The zero-order valence-electron chi connectivity index (χ0n) is 9.99. The van der Waals surface area contributed by atoms with Gasteiger partial charge in [0.1, 0.15) is 12.0 Å². The van der Waals surface area contributed by atoms with Crippen molar-refractivity contribution in [3.05, 3.63) is 60.6 Å². The summed E-state index contributed by atoms with van der Waals surface area (Å²) in [6, 6.07) is 15.9. The molecule has 0 amide bonds. The first kappa shape index (κ1) is 10.7. The van der Waals surface area contributed by atoms with Gasteiger partial charge >= 0.3 is 0 Å². The van der Waals surface area contributed by atoms with E-state index in [0.29, 0.717) is 0 Å². The van der Waals surface area contributed by atoms with Crippen LogP contribution in [0.15, 0.2) is 54.9 Å². The maximum atomic E-state index is 4.48. The van der Waals surface area contributed by atoms with Crippen molar-refractivity contribution in [2.75, 3.05) is 0 Å². The van der Waals surface area contributed by atoms with Gasteiger partial charge in [-0.25, -0.2) is 4.98 Å². The first-order chi connectivity index (χ1) is 8.84. The number of aryl methyl sites for hydroxylation is 1. The van der Waals surface area contributed by atoms with Crippen molar-refractivity contribution in [1.82, 2.24) is 19.7 Å². The van der Waals surface area contributed by atoms with Crippen LogP contribution in [0.1, 0.15) is 5.69 Å². The minimum atomic E-state index is 0.755. The minimum Gasteiger partial charge on any atom is -0.280 e. The van der Waals surface area contributed by atoms with Crippen LogP contribution in [0.2, 0.25) is 0 Å². The quantitative estimate of drug-likeness (QED) is 0.687. The van der Waals surface area contributed by atoms with Crippen LogP contribution in [0.5, 0.6) is 0 Å². The van der Waals surface area contributed by atoms with Gasteiger partial charge in [-0.15, -0.1) is 10.2 Å². The largest absolute Gasteiger partial charge is 0.280 e. The summed E-state index contributed by atoms with van der Waals surface area (Å²) in [4.78, 5) is 4.48. The fraction of sp³-hybridized carbons (Fsp3) is 0.0714. The van der Waals surface area contributed by atoms with Crippen LogP contribution in [0.3, 0.4) is 0 Å². The van der Waals surface area contributed by atoms with Gasteiger partial charge in [0.2, 0.25) is 0 Å². The van der Waals surface area contributed by atoms with E-state index in [1.54, 1.807) is 6.33 Å². The molecule has 0 spiro atoms. The molecule has 0 aliphatic carbocycles. The van der Waals surface area contributed by atoms with Gasteiger partial charge in [-0.1, -0.05) is 24.3 Å². The molecule has 4 heteroatoms. The number of hydrogen-bond acceptors (Lipinski definition) is 3. The molecule has 0 atom stereocenters. The van der Waals surface area contributed by atoms with E-state index in [4.69, 9.17) is 0 Å². The summed E-state index contributed by atoms with van der Waals surface area (Å²) >= 11 is 0. The Labute approximate surface area is 105 Å². The molecule has 0 aliphatic heterocycles. The summed E-state index contributed by atoms with van der Waals surface area (Å²) in [6.45, 7) is 1.97. The van der Waals surface area contributed by atoms with Gasteiger partial charge in [-0.2, -0.15) is 0 Å². The second kappa shape index (κ2) is 4.41. The van der Waals surface area contributed by atoms with Gasteiger partial charge < -0.3 is 0 Å². The third kappa shape index (κ3) is 1.88. The Balaban J connectivity index is 2.13. The molecule has 0 unspecified atom stereocenters. The van der Waals surface area contributed by atoms with Crippen LogP contribution < -0.4 is 0 Å². The predicted molar refractivity (Wildman–Crippen MR) is 69.3 cm³/mol. The first-order valence-corrected chi connectivity index (χ1v) is 5.74. The Morgan fingerprint density at radius 1 is 0.944 bits per heavy atom. The highest BCUT2D eigenvalue weighted by Gasteiger charge is 2.09. The van der Waals surface area contributed by atoms with Gasteiger partial charge in [0, 0.05) is 11.4 Å². The molecule has 4 nitrogen and oxygen atoms in total. The topological polar surface area (TPSA) is 43.6 Å². The number of rotatable bonds is 2. The van der Waals surface area contributed by atoms with Gasteiger partial charge in [-0.05, 0) is 31.2 Å². The monoisotopic (exact) mass is 236 g/mol. The number of para-hydroxylation sites is 1. The molecule has 0 fully saturated rings. The Morgan fingerprint density at radius 3 is 2.56 bits per heavy atom. The zero-order valence-corrected chi connectivity index (χ0v) is 9.99. The Kier molecular flexibility index (Phi) is 2.61.